The normalized spacial score (nSPS) is 19.5. The van der Waals surface area contributed by atoms with Gasteiger partial charge in [0.15, 0.2) is 0 Å². The first-order valence-corrected chi connectivity index (χ1v) is 9.23. The molecule has 1 N–H and O–H groups in total. The Hall–Kier alpha value is -2.44. The van der Waals surface area contributed by atoms with Gasteiger partial charge in [-0.15, -0.1) is 0 Å². The molecule has 1 saturated carbocycles. The molecule has 5 nitrogen and oxygen atoms in total. The summed E-state index contributed by atoms with van der Waals surface area (Å²) in [5, 5.41) is 14.4. The van der Waals surface area contributed by atoms with Gasteiger partial charge in [0.05, 0.1) is 5.71 Å². The van der Waals surface area contributed by atoms with Gasteiger partial charge in [-0.25, -0.2) is 13.6 Å². The molecule has 1 spiro atoms. The van der Waals surface area contributed by atoms with Crippen molar-refractivity contribution >= 4 is 11.7 Å². The van der Waals surface area contributed by atoms with Gasteiger partial charge in [0, 0.05) is 12.0 Å². The zero-order valence-corrected chi connectivity index (χ0v) is 15.3. The molecule has 0 radical (unpaired) electrons. The summed E-state index contributed by atoms with van der Waals surface area (Å²) >= 11 is 0. The first-order chi connectivity index (χ1) is 12.9. The maximum absolute atomic E-state index is 13.7. The van der Waals surface area contributed by atoms with Crippen molar-refractivity contribution < 1.29 is 28.3 Å². The third kappa shape index (κ3) is 4.28. The van der Waals surface area contributed by atoms with Crippen molar-refractivity contribution in [2.45, 2.75) is 64.1 Å². The van der Waals surface area contributed by atoms with E-state index in [2.05, 4.69) is 5.16 Å². The van der Waals surface area contributed by atoms with Crippen LogP contribution in [0.5, 0.6) is 0 Å². The lowest BCUT2D eigenvalue weighted by molar-refractivity contribution is -0.157. The number of ether oxygens (including phenoxy) is 1. The smallest absolute Gasteiger partial charge is 0.344 e. The summed E-state index contributed by atoms with van der Waals surface area (Å²) in [6.07, 6.45) is 4.73. The van der Waals surface area contributed by atoms with Crippen LogP contribution in [0.25, 0.3) is 0 Å². The second kappa shape index (κ2) is 8.06. The number of benzene rings is 1. The highest BCUT2D eigenvalue weighted by Gasteiger charge is 2.44. The number of halogens is 2. The number of carbonyl (C=O) groups excluding carboxylic acids is 1. The van der Waals surface area contributed by atoms with Crippen molar-refractivity contribution in [3.63, 3.8) is 0 Å². The van der Waals surface area contributed by atoms with Crippen LogP contribution >= 0.6 is 0 Å². The van der Waals surface area contributed by atoms with E-state index in [1.54, 1.807) is 0 Å². The van der Waals surface area contributed by atoms with Gasteiger partial charge in [-0.2, -0.15) is 0 Å². The number of hydrogen-bond donors (Lipinski definition) is 1. The van der Waals surface area contributed by atoms with E-state index in [4.69, 9.17) is 9.57 Å². The number of aliphatic hydroxyl groups is 1. The molecule has 1 aromatic carbocycles. The number of carbonyl (C=O) groups is 1. The molecule has 0 atom stereocenters. The predicted molar refractivity (Wildman–Crippen MR) is 95.1 cm³/mol. The van der Waals surface area contributed by atoms with Crippen molar-refractivity contribution in [1.82, 2.24) is 0 Å². The lowest BCUT2D eigenvalue weighted by atomic mass is 9.90. The molecule has 7 heteroatoms. The fourth-order valence-electron chi connectivity index (χ4n) is 3.66. The topological polar surface area (TPSA) is 68.1 Å². The van der Waals surface area contributed by atoms with E-state index in [0.29, 0.717) is 12.8 Å². The summed E-state index contributed by atoms with van der Waals surface area (Å²) in [5.41, 5.74) is -0.309. The number of esters is 1. The number of oxime groups is 1. The SMILES string of the molecule is CCC/C(=N\OCc1cc(F)ccc1F)C1=C(O)CC2(CCCC2)OC1=O. The Balaban J connectivity index is 1.78. The van der Waals surface area contributed by atoms with Gasteiger partial charge in [-0.05, 0) is 50.3 Å². The third-order valence-corrected chi connectivity index (χ3v) is 4.98. The van der Waals surface area contributed by atoms with E-state index in [0.717, 1.165) is 43.9 Å². The summed E-state index contributed by atoms with van der Waals surface area (Å²) in [6.45, 7) is 1.61. The minimum Gasteiger partial charge on any atom is -0.511 e. The Morgan fingerprint density at radius 3 is 2.74 bits per heavy atom. The number of rotatable bonds is 6. The molecule has 1 aliphatic heterocycles. The van der Waals surface area contributed by atoms with Gasteiger partial charge in [0.2, 0.25) is 0 Å². The molecule has 2 aliphatic rings. The maximum atomic E-state index is 13.7. The largest absolute Gasteiger partial charge is 0.511 e. The first kappa shape index (κ1) is 19.3. The maximum Gasteiger partial charge on any atom is 0.344 e. The highest BCUT2D eigenvalue weighted by Crippen LogP contribution is 2.42. The Morgan fingerprint density at radius 2 is 2.07 bits per heavy atom. The lowest BCUT2D eigenvalue weighted by Crippen LogP contribution is -2.39. The molecule has 0 saturated heterocycles. The molecule has 1 heterocycles. The van der Waals surface area contributed by atoms with Gasteiger partial charge >= 0.3 is 5.97 Å². The minimum atomic E-state index is -0.606. The zero-order valence-electron chi connectivity index (χ0n) is 15.3. The number of aliphatic hydroxyl groups excluding tert-OH is 1. The van der Waals surface area contributed by atoms with Crippen molar-refractivity contribution in [2.75, 3.05) is 0 Å². The lowest BCUT2D eigenvalue weighted by Gasteiger charge is -2.33. The Morgan fingerprint density at radius 1 is 1.33 bits per heavy atom. The second-order valence-corrected chi connectivity index (χ2v) is 7.08. The predicted octanol–water partition coefficient (Wildman–Crippen LogP) is 4.71. The first-order valence-electron chi connectivity index (χ1n) is 9.23. The van der Waals surface area contributed by atoms with Gasteiger partial charge in [-0.3, -0.25) is 0 Å². The van der Waals surface area contributed by atoms with Crippen LogP contribution in [0.15, 0.2) is 34.7 Å². The molecular weight excluding hydrogens is 356 g/mol. The summed E-state index contributed by atoms with van der Waals surface area (Å²) < 4.78 is 32.5. The van der Waals surface area contributed by atoms with E-state index in [1.807, 2.05) is 6.92 Å². The molecule has 1 aromatic rings. The summed E-state index contributed by atoms with van der Waals surface area (Å²) in [7, 11) is 0. The summed E-state index contributed by atoms with van der Waals surface area (Å²) in [5.74, 6) is -1.83. The number of hydrogen-bond acceptors (Lipinski definition) is 5. The standard InChI is InChI=1S/C20H23F2NO4/c1-2-5-16(23-26-12-13-10-14(21)6-7-15(13)22)18-17(24)11-20(27-19(18)25)8-3-4-9-20/h6-7,10,24H,2-5,8-9,11-12H2,1H3/b23-16+. The van der Waals surface area contributed by atoms with Crippen LogP contribution in [0, 0.1) is 11.6 Å². The van der Waals surface area contributed by atoms with Crippen LogP contribution in [-0.2, 0) is 21.0 Å². The Bertz CT molecular complexity index is 782. The van der Waals surface area contributed by atoms with Gasteiger partial charge in [0.25, 0.3) is 0 Å². The Kier molecular flexibility index (Phi) is 5.77. The number of nitrogens with zero attached hydrogens (tertiary/aromatic N) is 1. The summed E-state index contributed by atoms with van der Waals surface area (Å²) in [4.78, 5) is 17.7. The van der Waals surface area contributed by atoms with Crippen LogP contribution in [0.4, 0.5) is 8.78 Å². The molecule has 1 fully saturated rings. The van der Waals surface area contributed by atoms with Crippen molar-refractivity contribution in [3.8, 4) is 0 Å². The van der Waals surface area contributed by atoms with Crippen LogP contribution in [0.3, 0.4) is 0 Å². The van der Waals surface area contributed by atoms with Crippen molar-refractivity contribution in [3.05, 3.63) is 46.7 Å². The van der Waals surface area contributed by atoms with E-state index in [-0.39, 0.29) is 35.6 Å². The van der Waals surface area contributed by atoms with Gasteiger partial charge in [-0.1, -0.05) is 18.5 Å². The molecule has 27 heavy (non-hydrogen) atoms. The van der Waals surface area contributed by atoms with E-state index >= 15 is 0 Å². The van der Waals surface area contributed by atoms with Crippen LogP contribution < -0.4 is 0 Å². The van der Waals surface area contributed by atoms with Crippen molar-refractivity contribution in [1.29, 1.82) is 0 Å². The van der Waals surface area contributed by atoms with E-state index in [1.165, 1.54) is 0 Å². The zero-order chi connectivity index (χ0) is 19.4. The molecular formula is C20H23F2NO4. The van der Waals surface area contributed by atoms with Crippen LogP contribution in [0.1, 0.15) is 57.4 Å². The molecule has 146 valence electrons. The Labute approximate surface area is 156 Å². The monoisotopic (exact) mass is 379 g/mol. The van der Waals surface area contributed by atoms with Gasteiger partial charge < -0.3 is 14.7 Å². The minimum absolute atomic E-state index is 0.0175. The highest BCUT2D eigenvalue weighted by molar-refractivity contribution is 6.20. The van der Waals surface area contributed by atoms with Crippen molar-refractivity contribution in [2.24, 2.45) is 5.16 Å². The average Bonchev–Trinajstić information content (AvgIpc) is 3.04. The van der Waals surface area contributed by atoms with Crippen LogP contribution in [0.2, 0.25) is 0 Å². The molecule has 0 unspecified atom stereocenters. The molecule has 1 aliphatic carbocycles. The molecule has 0 amide bonds. The quantitative estimate of drug-likeness (QED) is 0.442. The molecule has 0 aromatic heterocycles. The van der Waals surface area contributed by atoms with Gasteiger partial charge in [0.1, 0.15) is 35.2 Å². The van der Waals surface area contributed by atoms with E-state index in [9.17, 15) is 18.7 Å². The fourth-order valence-corrected chi connectivity index (χ4v) is 3.66. The second-order valence-electron chi connectivity index (χ2n) is 7.08. The summed E-state index contributed by atoms with van der Waals surface area (Å²) in [6, 6.07) is 3.06. The molecule has 0 bridgehead atoms. The van der Waals surface area contributed by atoms with E-state index < -0.39 is 23.2 Å². The molecule has 3 rings (SSSR count). The average molecular weight is 379 g/mol. The highest BCUT2D eigenvalue weighted by atomic mass is 19.1. The van der Waals surface area contributed by atoms with Crippen LogP contribution in [-0.4, -0.2) is 22.4 Å². The third-order valence-electron chi connectivity index (χ3n) is 4.98. The fraction of sp³-hybridized carbons (Fsp3) is 0.500.